The first-order valence-electron chi connectivity index (χ1n) is 14.1. The van der Waals surface area contributed by atoms with Crippen LogP contribution in [-0.2, 0) is 32.1 Å². The summed E-state index contributed by atoms with van der Waals surface area (Å²) in [5.74, 6) is -9.85. The highest BCUT2D eigenvalue weighted by Gasteiger charge is 2.69. The second kappa shape index (κ2) is 10.9. The number of fused-ring (bicyclic) bond motifs is 3. The van der Waals surface area contributed by atoms with Gasteiger partial charge in [0.1, 0.15) is 11.5 Å². The number of aromatic hydroxyl groups is 1. The number of primary amides is 1. The lowest BCUT2D eigenvalue weighted by Gasteiger charge is -2.52. The van der Waals surface area contributed by atoms with Gasteiger partial charge in [0.2, 0.25) is 5.91 Å². The number of nitrogens with zero attached hydrogens (tertiary/aromatic N) is 2. The fourth-order valence-corrected chi connectivity index (χ4v) is 7.27. The zero-order valence-electron chi connectivity index (χ0n) is 24.8. The van der Waals surface area contributed by atoms with Crippen LogP contribution in [0.1, 0.15) is 55.6 Å². The molecular weight excluding hydrogens is 530 g/mol. The Morgan fingerprint density at radius 3 is 2.32 bits per heavy atom. The molecule has 0 radical (unpaired) electrons. The summed E-state index contributed by atoms with van der Waals surface area (Å²) in [6, 6.07) is 0.566. The van der Waals surface area contributed by atoms with Gasteiger partial charge in [0.25, 0.3) is 0 Å². The van der Waals surface area contributed by atoms with Gasteiger partial charge in [-0.05, 0) is 58.3 Å². The first kappa shape index (κ1) is 30.8. The molecule has 224 valence electrons. The number of rotatable bonds is 8. The average Bonchev–Trinajstić information content (AvgIpc) is 2.88. The predicted molar refractivity (Wildman–Crippen MR) is 148 cm³/mol. The van der Waals surface area contributed by atoms with Crippen molar-refractivity contribution in [3.63, 3.8) is 0 Å². The first-order valence-corrected chi connectivity index (χ1v) is 14.1. The molecule has 1 amide bonds. The minimum Gasteiger partial charge on any atom is -0.507 e. The van der Waals surface area contributed by atoms with Crippen molar-refractivity contribution in [3.05, 3.63) is 22.8 Å². The SMILES string of the molecule is CCN(Cc1cc(O)c2c(c1OC)C[C@H]1C[C@H]3[C@H](N(C)C)C(=O)C(C(N)=O)C(=O)[C@@]3(O)C(=O)C1C2=O)[C@@H](C)C(C)C. The van der Waals surface area contributed by atoms with Crippen LogP contribution in [0.5, 0.6) is 11.5 Å². The number of carbonyl (C=O) groups is 5. The van der Waals surface area contributed by atoms with Crippen molar-refractivity contribution in [1.82, 2.24) is 9.80 Å². The molecule has 0 spiro atoms. The molecule has 2 unspecified atom stereocenters. The number of hydrogen-bond acceptors (Lipinski definition) is 10. The van der Waals surface area contributed by atoms with E-state index in [2.05, 4.69) is 25.7 Å². The number of benzene rings is 1. The number of phenolic OH excluding ortho intramolecular Hbond substituents is 1. The van der Waals surface area contributed by atoms with Gasteiger partial charge in [-0.1, -0.05) is 20.8 Å². The standard InChI is InChI=1S/C30H41N3O8/c1-8-33(14(4)13(2)3)12-16-11-19(34)21-17(26(16)41-7)9-15-10-18-23(32(5)6)25(36)22(29(31)39)28(38)30(18,40)27(37)20(15)24(21)35/h11,13-15,18,20,22-23,34,40H,8-10,12H2,1-7H3,(H2,31,39)/t14-,15-,18-,20?,22?,23-,30-/m0/s1. The third-order valence-electron chi connectivity index (χ3n) is 9.61. The lowest BCUT2D eigenvalue weighted by molar-refractivity contribution is -0.181. The van der Waals surface area contributed by atoms with Gasteiger partial charge in [0.15, 0.2) is 34.7 Å². The monoisotopic (exact) mass is 571 g/mol. The molecule has 1 aromatic rings. The van der Waals surface area contributed by atoms with Crippen molar-refractivity contribution in [2.24, 2.45) is 35.3 Å². The highest BCUT2D eigenvalue weighted by Crippen LogP contribution is 2.52. The summed E-state index contributed by atoms with van der Waals surface area (Å²) in [6.45, 7) is 9.63. The smallest absolute Gasteiger partial charge is 0.235 e. The van der Waals surface area contributed by atoms with Gasteiger partial charge < -0.3 is 20.7 Å². The molecular formula is C30H41N3O8. The number of hydrogen-bond donors (Lipinski definition) is 3. The number of nitrogens with two attached hydrogens (primary N) is 1. The van der Waals surface area contributed by atoms with Crippen molar-refractivity contribution >= 4 is 29.0 Å². The van der Waals surface area contributed by atoms with Crippen LogP contribution in [-0.4, -0.2) is 94.5 Å². The number of ether oxygens (including phenoxy) is 1. The Labute approximate surface area is 240 Å². The van der Waals surface area contributed by atoms with E-state index in [1.165, 1.54) is 18.1 Å². The maximum absolute atomic E-state index is 14.0. The Hall–Kier alpha value is -3.15. The Morgan fingerprint density at radius 1 is 1.17 bits per heavy atom. The van der Waals surface area contributed by atoms with E-state index in [1.807, 2.05) is 6.92 Å². The number of ketones is 4. The molecule has 0 heterocycles. The Bertz CT molecular complexity index is 1310. The number of Topliss-reactive ketones (excluding diaryl/α,β-unsaturated/α-hetero) is 4. The summed E-state index contributed by atoms with van der Waals surface area (Å²) in [6.07, 6.45) is 0.145. The number of amides is 1. The first-order chi connectivity index (χ1) is 19.1. The van der Waals surface area contributed by atoms with Gasteiger partial charge in [-0.15, -0.1) is 0 Å². The molecule has 3 aliphatic carbocycles. The molecule has 7 atom stereocenters. The van der Waals surface area contributed by atoms with Crippen LogP contribution < -0.4 is 10.5 Å². The highest BCUT2D eigenvalue weighted by atomic mass is 16.5. The van der Waals surface area contributed by atoms with Gasteiger partial charge in [-0.2, -0.15) is 0 Å². The maximum Gasteiger partial charge on any atom is 0.235 e. The number of methoxy groups -OCH3 is 1. The molecule has 2 saturated carbocycles. The van der Waals surface area contributed by atoms with E-state index in [0.717, 1.165) is 6.54 Å². The third-order valence-corrected chi connectivity index (χ3v) is 9.61. The Balaban J connectivity index is 1.83. The maximum atomic E-state index is 14.0. The number of likely N-dealkylation sites (N-methyl/N-ethyl adjacent to an activating group) is 1. The lowest BCUT2D eigenvalue weighted by Crippen LogP contribution is -2.74. The van der Waals surface area contributed by atoms with E-state index < -0.39 is 64.4 Å². The molecule has 11 nitrogen and oxygen atoms in total. The van der Waals surface area contributed by atoms with E-state index in [1.54, 1.807) is 14.1 Å². The Morgan fingerprint density at radius 2 is 1.80 bits per heavy atom. The summed E-state index contributed by atoms with van der Waals surface area (Å²) in [7, 11) is 4.60. The zero-order valence-corrected chi connectivity index (χ0v) is 24.8. The van der Waals surface area contributed by atoms with Gasteiger partial charge in [0.05, 0.1) is 24.6 Å². The third kappa shape index (κ3) is 4.58. The second-order valence-corrected chi connectivity index (χ2v) is 12.3. The molecule has 4 N–H and O–H groups in total. The van der Waals surface area contributed by atoms with Gasteiger partial charge >= 0.3 is 0 Å². The summed E-state index contributed by atoms with van der Waals surface area (Å²) in [5, 5.41) is 22.8. The van der Waals surface area contributed by atoms with E-state index in [-0.39, 0.29) is 30.2 Å². The number of phenols is 1. The molecule has 0 aliphatic heterocycles. The zero-order chi connectivity index (χ0) is 30.7. The van der Waals surface area contributed by atoms with Crippen molar-refractivity contribution in [2.45, 2.75) is 64.8 Å². The predicted octanol–water partition coefficient (Wildman–Crippen LogP) is 0.742. The quantitative estimate of drug-likeness (QED) is 0.379. The second-order valence-electron chi connectivity index (χ2n) is 12.3. The average molecular weight is 572 g/mol. The molecule has 1 aromatic carbocycles. The fourth-order valence-electron chi connectivity index (χ4n) is 7.27. The van der Waals surface area contributed by atoms with Crippen LogP contribution in [0.3, 0.4) is 0 Å². The van der Waals surface area contributed by atoms with Crippen LogP contribution in [0.2, 0.25) is 0 Å². The molecule has 3 aliphatic rings. The largest absolute Gasteiger partial charge is 0.507 e. The summed E-state index contributed by atoms with van der Waals surface area (Å²) < 4.78 is 5.81. The number of aliphatic hydroxyl groups is 1. The van der Waals surface area contributed by atoms with Crippen LogP contribution in [0, 0.1) is 29.6 Å². The summed E-state index contributed by atoms with van der Waals surface area (Å²) >= 11 is 0. The van der Waals surface area contributed by atoms with Gasteiger partial charge in [-0.3, -0.25) is 33.8 Å². The summed E-state index contributed by atoms with van der Waals surface area (Å²) in [5.41, 5.74) is 3.71. The molecule has 0 saturated heterocycles. The minimum absolute atomic E-state index is 0.0104. The van der Waals surface area contributed by atoms with Crippen LogP contribution in [0.15, 0.2) is 6.07 Å². The van der Waals surface area contributed by atoms with Crippen molar-refractivity contribution in [2.75, 3.05) is 27.7 Å². The molecule has 11 heteroatoms. The van der Waals surface area contributed by atoms with E-state index in [4.69, 9.17) is 10.5 Å². The van der Waals surface area contributed by atoms with Crippen LogP contribution in [0.4, 0.5) is 0 Å². The summed E-state index contributed by atoms with van der Waals surface area (Å²) in [4.78, 5) is 70.3. The van der Waals surface area contributed by atoms with Crippen LogP contribution >= 0.6 is 0 Å². The molecule has 2 fully saturated rings. The van der Waals surface area contributed by atoms with Gasteiger partial charge in [0, 0.05) is 29.6 Å². The van der Waals surface area contributed by atoms with Crippen molar-refractivity contribution in [3.8, 4) is 11.5 Å². The lowest BCUT2D eigenvalue weighted by atomic mass is 9.52. The topological polar surface area (TPSA) is 168 Å². The van der Waals surface area contributed by atoms with Crippen molar-refractivity contribution in [1.29, 1.82) is 0 Å². The Kier molecular flexibility index (Phi) is 8.20. The normalized spacial score (nSPS) is 30.4. The van der Waals surface area contributed by atoms with E-state index in [9.17, 15) is 34.2 Å². The molecule has 0 aromatic heterocycles. The van der Waals surface area contributed by atoms with E-state index in [0.29, 0.717) is 29.3 Å². The molecule has 41 heavy (non-hydrogen) atoms. The van der Waals surface area contributed by atoms with E-state index >= 15 is 0 Å². The van der Waals surface area contributed by atoms with Gasteiger partial charge in [-0.25, -0.2) is 0 Å². The minimum atomic E-state index is -2.74. The number of carbonyl (C=O) groups excluding carboxylic acids is 5. The molecule has 4 rings (SSSR count). The van der Waals surface area contributed by atoms with Crippen molar-refractivity contribution < 1.29 is 38.9 Å². The van der Waals surface area contributed by atoms with Crippen LogP contribution in [0.25, 0.3) is 0 Å². The molecule has 0 bridgehead atoms. The fraction of sp³-hybridized carbons (Fsp3) is 0.633. The highest BCUT2D eigenvalue weighted by molar-refractivity contribution is 6.32.